The number of pyridine rings is 1. The monoisotopic (exact) mass is 337 g/mol. The predicted molar refractivity (Wildman–Crippen MR) is 94.0 cm³/mol. The Morgan fingerprint density at radius 1 is 1.32 bits per heavy atom. The molecule has 0 radical (unpaired) electrons. The fourth-order valence-electron chi connectivity index (χ4n) is 2.12. The van der Waals surface area contributed by atoms with E-state index in [2.05, 4.69) is 10.3 Å². The molecule has 0 spiro atoms. The number of nitriles is 1. The molecule has 1 aromatic heterocycles. The summed E-state index contributed by atoms with van der Waals surface area (Å²) in [5.74, 6) is 0.769. The first kappa shape index (κ1) is 18.0. The molecule has 0 saturated carbocycles. The van der Waals surface area contributed by atoms with Crippen LogP contribution in [0, 0.1) is 18.3 Å². The molecular formula is C19H19N3O3. The van der Waals surface area contributed by atoms with Crippen LogP contribution in [0.5, 0.6) is 11.5 Å². The van der Waals surface area contributed by atoms with E-state index >= 15 is 0 Å². The maximum Gasteiger partial charge on any atom is 0.244 e. The van der Waals surface area contributed by atoms with E-state index in [1.807, 2.05) is 31.2 Å². The minimum atomic E-state index is -0.216. The first-order chi connectivity index (χ1) is 12.1. The van der Waals surface area contributed by atoms with E-state index in [1.165, 1.54) is 13.2 Å². The smallest absolute Gasteiger partial charge is 0.244 e. The number of nitrogens with zero attached hydrogens (tertiary/aromatic N) is 2. The number of nitrogens with one attached hydrogen (secondary N) is 1. The number of hydrogen-bond donors (Lipinski definition) is 1. The number of aryl methyl sites for hydroxylation is 1. The summed E-state index contributed by atoms with van der Waals surface area (Å²) in [6.07, 6.45) is 3.12. The molecule has 0 atom stereocenters. The van der Waals surface area contributed by atoms with Crippen LogP contribution in [0.4, 0.5) is 0 Å². The van der Waals surface area contributed by atoms with Crippen LogP contribution >= 0.6 is 0 Å². The first-order valence-corrected chi connectivity index (χ1v) is 7.68. The van der Waals surface area contributed by atoms with Crippen molar-refractivity contribution >= 4 is 12.0 Å². The van der Waals surface area contributed by atoms with Crippen molar-refractivity contribution in [2.24, 2.45) is 0 Å². The van der Waals surface area contributed by atoms with Gasteiger partial charge in [0.25, 0.3) is 0 Å². The van der Waals surface area contributed by atoms with Crippen LogP contribution in [-0.2, 0) is 11.3 Å². The average molecular weight is 337 g/mol. The lowest BCUT2D eigenvalue weighted by Gasteiger charge is -2.08. The molecule has 2 aromatic rings. The summed E-state index contributed by atoms with van der Waals surface area (Å²) < 4.78 is 10.5. The Morgan fingerprint density at radius 3 is 2.88 bits per heavy atom. The van der Waals surface area contributed by atoms with Crippen molar-refractivity contribution in [1.82, 2.24) is 10.3 Å². The van der Waals surface area contributed by atoms with Crippen molar-refractivity contribution in [3.05, 3.63) is 59.4 Å². The maximum atomic E-state index is 11.9. The Bertz CT molecular complexity index is 810. The maximum absolute atomic E-state index is 11.9. The Kier molecular flexibility index (Phi) is 6.55. The van der Waals surface area contributed by atoms with Gasteiger partial charge in [0.2, 0.25) is 5.91 Å². The molecular weight excluding hydrogens is 318 g/mol. The summed E-state index contributed by atoms with van der Waals surface area (Å²) in [5, 5.41) is 11.3. The van der Waals surface area contributed by atoms with Crippen LogP contribution in [0.1, 0.15) is 17.0 Å². The molecule has 1 aromatic carbocycles. The van der Waals surface area contributed by atoms with Crippen LogP contribution in [0.25, 0.3) is 6.08 Å². The summed E-state index contributed by atoms with van der Waals surface area (Å²) in [4.78, 5) is 16.2. The zero-order chi connectivity index (χ0) is 18.1. The van der Waals surface area contributed by atoms with Crippen LogP contribution in [0.2, 0.25) is 0 Å². The lowest BCUT2D eigenvalue weighted by Crippen LogP contribution is -2.20. The summed E-state index contributed by atoms with van der Waals surface area (Å²) in [5.41, 5.74) is 2.50. The number of carbonyl (C=O) groups is 1. The van der Waals surface area contributed by atoms with Crippen molar-refractivity contribution < 1.29 is 14.3 Å². The van der Waals surface area contributed by atoms with Gasteiger partial charge in [-0.1, -0.05) is 12.1 Å². The van der Waals surface area contributed by atoms with Crippen molar-refractivity contribution in [2.75, 3.05) is 13.7 Å². The summed E-state index contributed by atoms with van der Waals surface area (Å²) in [6.45, 7) is 2.22. The van der Waals surface area contributed by atoms with E-state index in [-0.39, 0.29) is 12.5 Å². The molecule has 25 heavy (non-hydrogen) atoms. The largest absolute Gasteiger partial charge is 0.493 e. The lowest BCUT2D eigenvalue weighted by molar-refractivity contribution is -0.116. The van der Waals surface area contributed by atoms with E-state index in [0.29, 0.717) is 18.0 Å². The lowest BCUT2D eigenvalue weighted by atomic mass is 10.2. The molecule has 1 N–H and O–H groups in total. The highest BCUT2D eigenvalue weighted by atomic mass is 16.5. The van der Waals surface area contributed by atoms with Crippen molar-refractivity contribution in [2.45, 2.75) is 13.5 Å². The Hall–Kier alpha value is -3.33. The van der Waals surface area contributed by atoms with Gasteiger partial charge < -0.3 is 14.8 Å². The molecule has 0 aliphatic heterocycles. The van der Waals surface area contributed by atoms with Gasteiger partial charge in [0.1, 0.15) is 6.07 Å². The topological polar surface area (TPSA) is 84.2 Å². The zero-order valence-electron chi connectivity index (χ0n) is 14.2. The normalized spacial score (nSPS) is 10.3. The molecule has 0 aliphatic rings. The van der Waals surface area contributed by atoms with Gasteiger partial charge in [0.15, 0.2) is 18.1 Å². The molecule has 0 fully saturated rings. The number of benzene rings is 1. The van der Waals surface area contributed by atoms with Crippen LogP contribution in [0.15, 0.2) is 42.5 Å². The van der Waals surface area contributed by atoms with Gasteiger partial charge in [-0.25, -0.2) is 0 Å². The first-order valence-electron chi connectivity index (χ1n) is 7.68. The van der Waals surface area contributed by atoms with E-state index < -0.39 is 0 Å². The molecule has 1 amide bonds. The number of ether oxygens (including phenoxy) is 2. The third-order valence-electron chi connectivity index (χ3n) is 3.30. The van der Waals surface area contributed by atoms with Crippen molar-refractivity contribution in [1.29, 1.82) is 5.26 Å². The SMILES string of the molecule is COc1cc(/C=C/C(=O)NCc2cccc(C)n2)ccc1OCC#N. The van der Waals surface area contributed by atoms with Crippen LogP contribution in [0.3, 0.4) is 0 Å². The van der Waals surface area contributed by atoms with Crippen molar-refractivity contribution in [3.8, 4) is 17.6 Å². The Balaban J connectivity index is 1.96. The second kappa shape index (κ2) is 9.08. The third kappa shape index (κ3) is 5.66. The number of carbonyl (C=O) groups excluding carboxylic acids is 1. The highest BCUT2D eigenvalue weighted by molar-refractivity contribution is 5.91. The second-order valence-electron chi connectivity index (χ2n) is 5.18. The Labute approximate surface area is 146 Å². The van der Waals surface area contributed by atoms with Gasteiger partial charge in [-0.05, 0) is 42.8 Å². The fraction of sp³-hybridized carbons (Fsp3) is 0.211. The van der Waals surface area contributed by atoms with Gasteiger partial charge in [-0.2, -0.15) is 5.26 Å². The van der Waals surface area contributed by atoms with Crippen LogP contribution < -0.4 is 14.8 Å². The third-order valence-corrected chi connectivity index (χ3v) is 3.30. The highest BCUT2D eigenvalue weighted by Gasteiger charge is 2.05. The molecule has 6 heteroatoms. The Morgan fingerprint density at radius 2 is 2.16 bits per heavy atom. The van der Waals surface area contributed by atoms with E-state index in [4.69, 9.17) is 14.7 Å². The molecule has 0 aliphatic carbocycles. The quantitative estimate of drug-likeness (QED) is 0.785. The number of hydrogen-bond acceptors (Lipinski definition) is 5. The van der Waals surface area contributed by atoms with Gasteiger partial charge in [-0.15, -0.1) is 0 Å². The fourth-order valence-corrected chi connectivity index (χ4v) is 2.12. The van der Waals surface area contributed by atoms with Crippen molar-refractivity contribution in [3.63, 3.8) is 0 Å². The standard InChI is InChI=1S/C19H19N3O3/c1-14-4-3-5-16(22-14)13-21-19(23)9-7-15-6-8-17(25-11-10-20)18(12-15)24-2/h3-9,12H,11,13H2,1-2H3,(H,21,23)/b9-7+. The number of aromatic nitrogens is 1. The second-order valence-corrected chi connectivity index (χ2v) is 5.18. The summed E-state index contributed by atoms with van der Waals surface area (Å²) in [7, 11) is 1.52. The van der Waals surface area contributed by atoms with E-state index in [9.17, 15) is 4.79 Å². The van der Waals surface area contributed by atoms with E-state index in [1.54, 1.807) is 24.3 Å². The van der Waals surface area contributed by atoms with E-state index in [0.717, 1.165) is 17.0 Å². The van der Waals surface area contributed by atoms with Gasteiger partial charge in [-0.3, -0.25) is 9.78 Å². The van der Waals surface area contributed by atoms with Gasteiger partial charge >= 0.3 is 0 Å². The average Bonchev–Trinajstić information content (AvgIpc) is 2.63. The molecule has 128 valence electrons. The minimum Gasteiger partial charge on any atom is -0.493 e. The van der Waals surface area contributed by atoms with Crippen LogP contribution in [-0.4, -0.2) is 24.6 Å². The minimum absolute atomic E-state index is 0.0546. The molecule has 0 saturated heterocycles. The molecule has 6 nitrogen and oxygen atoms in total. The molecule has 1 heterocycles. The van der Waals surface area contributed by atoms with Gasteiger partial charge in [0.05, 0.1) is 19.3 Å². The molecule has 2 rings (SSSR count). The van der Waals surface area contributed by atoms with Gasteiger partial charge in [0, 0.05) is 11.8 Å². The summed E-state index contributed by atoms with van der Waals surface area (Å²) >= 11 is 0. The number of methoxy groups -OCH3 is 1. The zero-order valence-corrected chi connectivity index (χ0v) is 14.2. The summed E-state index contributed by atoms with van der Waals surface area (Å²) in [6, 6.07) is 12.8. The highest BCUT2D eigenvalue weighted by Crippen LogP contribution is 2.28. The molecule has 0 unspecified atom stereocenters. The number of rotatable bonds is 7. The molecule has 0 bridgehead atoms. The predicted octanol–water partition coefficient (Wildman–Crippen LogP) is 2.63. The number of amides is 1.